The van der Waals surface area contributed by atoms with E-state index in [0.29, 0.717) is 21.9 Å². The number of sulfonamides is 1. The van der Waals surface area contributed by atoms with Gasteiger partial charge in [0.15, 0.2) is 6.61 Å². The van der Waals surface area contributed by atoms with Crippen molar-refractivity contribution in [2.75, 3.05) is 13.7 Å². The Kier molecular flexibility index (Phi) is 8.58. The van der Waals surface area contributed by atoms with Crippen LogP contribution in [0.3, 0.4) is 0 Å². The molecule has 0 N–H and O–H groups in total. The summed E-state index contributed by atoms with van der Waals surface area (Å²) in [7, 11) is -2.09. The molecule has 0 spiro atoms. The van der Waals surface area contributed by atoms with Crippen molar-refractivity contribution in [3.05, 3.63) is 58.1 Å². The fourth-order valence-corrected chi connectivity index (χ4v) is 4.27. The van der Waals surface area contributed by atoms with Gasteiger partial charge in [0.1, 0.15) is 11.4 Å². The number of hydrogen-bond acceptors (Lipinski definition) is 5. The monoisotopic (exact) mass is 491 g/mol. The summed E-state index contributed by atoms with van der Waals surface area (Å²) in [4.78, 5) is 12.2. The molecule has 0 aromatic heterocycles. The van der Waals surface area contributed by atoms with Crippen LogP contribution >= 0.6 is 11.6 Å². The molecule has 2 aromatic rings. The first-order chi connectivity index (χ1) is 15.2. The lowest BCUT2D eigenvalue weighted by molar-refractivity contribution is -0.157. The first kappa shape index (κ1) is 26.7. The number of aryl methyl sites for hydroxylation is 1. The zero-order valence-corrected chi connectivity index (χ0v) is 21.6. The van der Waals surface area contributed by atoms with Gasteiger partial charge in [-0.05, 0) is 77.4 Å². The standard InChI is InChI=1S/C25H30ClNO5S/c1-17(2)27(7)33(29,30)22-12-8-18(3)19(15-22)9-10-20-14-21(26)11-13-23(20)31-16-24(28)32-25(4,5)6/h8,11-15,17H,16H2,1-7H3. The van der Waals surface area contributed by atoms with Gasteiger partial charge in [0.05, 0.1) is 10.5 Å². The molecule has 2 rings (SSSR count). The van der Waals surface area contributed by atoms with Crippen LogP contribution in [0.2, 0.25) is 5.02 Å². The molecule has 8 heteroatoms. The van der Waals surface area contributed by atoms with Gasteiger partial charge < -0.3 is 9.47 Å². The summed E-state index contributed by atoms with van der Waals surface area (Å²) in [6.45, 7) is 10.5. The van der Waals surface area contributed by atoms with Gasteiger partial charge in [-0.2, -0.15) is 4.31 Å². The van der Waals surface area contributed by atoms with Gasteiger partial charge >= 0.3 is 5.97 Å². The maximum absolute atomic E-state index is 12.9. The fraction of sp³-hybridized carbons (Fsp3) is 0.400. The third-order valence-electron chi connectivity index (χ3n) is 4.65. The summed E-state index contributed by atoms with van der Waals surface area (Å²) >= 11 is 6.13. The Morgan fingerprint density at radius 3 is 2.33 bits per heavy atom. The Bertz CT molecular complexity index is 1190. The molecule has 33 heavy (non-hydrogen) atoms. The van der Waals surface area contributed by atoms with Gasteiger partial charge in [-0.25, -0.2) is 13.2 Å². The lowest BCUT2D eigenvalue weighted by Gasteiger charge is -2.21. The van der Waals surface area contributed by atoms with Crippen LogP contribution in [0.15, 0.2) is 41.3 Å². The molecule has 0 radical (unpaired) electrons. The first-order valence-electron chi connectivity index (χ1n) is 10.5. The van der Waals surface area contributed by atoms with Gasteiger partial charge in [0, 0.05) is 23.7 Å². The maximum atomic E-state index is 12.9. The zero-order chi connectivity index (χ0) is 25.0. The highest BCUT2D eigenvalue weighted by Gasteiger charge is 2.23. The minimum absolute atomic E-state index is 0.168. The zero-order valence-electron chi connectivity index (χ0n) is 20.0. The van der Waals surface area contributed by atoms with Gasteiger partial charge in [-0.3, -0.25) is 0 Å². The summed E-state index contributed by atoms with van der Waals surface area (Å²) < 4.78 is 37.9. The van der Waals surface area contributed by atoms with Crippen molar-refractivity contribution in [1.82, 2.24) is 4.31 Å². The van der Waals surface area contributed by atoms with Crippen LogP contribution in [0, 0.1) is 18.8 Å². The predicted octanol–water partition coefficient (Wildman–Crippen LogP) is 4.80. The smallest absolute Gasteiger partial charge is 0.344 e. The summed E-state index contributed by atoms with van der Waals surface area (Å²) in [5.41, 5.74) is 1.24. The molecule has 6 nitrogen and oxygen atoms in total. The molecule has 0 fully saturated rings. The largest absolute Gasteiger partial charge is 0.481 e. The van der Waals surface area contributed by atoms with Crippen molar-refractivity contribution >= 4 is 27.6 Å². The lowest BCUT2D eigenvalue weighted by Crippen LogP contribution is -2.33. The Balaban J connectivity index is 2.36. The number of hydrogen-bond donors (Lipinski definition) is 0. The van der Waals surface area contributed by atoms with E-state index in [2.05, 4.69) is 11.8 Å². The topological polar surface area (TPSA) is 72.9 Å². The number of esters is 1. The molecule has 0 heterocycles. The van der Waals surface area contributed by atoms with Crippen LogP contribution in [-0.4, -0.2) is 44.0 Å². The molecule has 0 aliphatic rings. The number of nitrogens with zero attached hydrogens (tertiary/aromatic N) is 1. The second-order valence-electron chi connectivity index (χ2n) is 8.86. The van der Waals surface area contributed by atoms with E-state index >= 15 is 0 Å². The molecule has 0 bridgehead atoms. The Morgan fingerprint density at radius 1 is 1.09 bits per heavy atom. The van der Waals surface area contributed by atoms with Crippen molar-refractivity contribution in [1.29, 1.82) is 0 Å². The van der Waals surface area contributed by atoms with E-state index in [0.717, 1.165) is 5.56 Å². The SMILES string of the molecule is Cc1ccc(S(=O)(=O)N(C)C(C)C)cc1C#Cc1cc(Cl)ccc1OCC(=O)OC(C)(C)C. The molecule has 2 aromatic carbocycles. The van der Waals surface area contributed by atoms with Crippen LogP contribution in [0.25, 0.3) is 0 Å². The number of benzene rings is 2. The third kappa shape index (κ3) is 7.50. The highest BCUT2D eigenvalue weighted by molar-refractivity contribution is 7.89. The average molecular weight is 492 g/mol. The predicted molar refractivity (Wildman–Crippen MR) is 130 cm³/mol. The van der Waals surface area contributed by atoms with Gasteiger partial charge in [0.25, 0.3) is 0 Å². The summed E-state index contributed by atoms with van der Waals surface area (Å²) in [5.74, 6) is 5.88. The van der Waals surface area contributed by atoms with Crippen LogP contribution in [-0.2, 0) is 19.6 Å². The minimum atomic E-state index is -3.64. The Morgan fingerprint density at radius 2 is 1.73 bits per heavy atom. The van der Waals surface area contributed by atoms with E-state index < -0.39 is 21.6 Å². The second kappa shape index (κ2) is 10.6. The molecule has 0 saturated heterocycles. The van der Waals surface area contributed by atoms with Gasteiger partial charge in [-0.15, -0.1) is 0 Å². The van der Waals surface area contributed by atoms with Crippen molar-refractivity contribution in [3.63, 3.8) is 0 Å². The number of carbonyl (C=O) groups is 1. The average Bonchev–Trinajstić information content (AvgIpc) is 2.70. The number of rotatable bonds is 6. The summed E-state index contributed by atoms with van der Waals surface area (Å²) in [6, 6.07) is 9.57. The Labute approximate surface area is 201 Å². The first-order valence-corrected chi connectivity index (χ1v) is 12.3. The van der Waals surface area contributed by atoms with Crippen LogP contribution in [0.5, 0.6) is 5.75 Å². The molecule has 0 amide bonds. The molecular formula is C25H30ClNO5S. The lowest BCUT2D eigenvalue weighted by atomic mass is 10.1. The third-order valence-corrected chi connectivity index (χ3v) is 6.92. The van der Waals surface area contributed by atoms with E-state index in [4.69, 9.17) is 21.1 Å². The van der Waals surface area contributed by atoms with E-state index in [-0.39, 0.29) is 17.5 Å². The highest BCUT2D eigenvalue weighted by atomic mass is 35.5. The molecule has 0 aliphatic heterocycles. The van der Waals surface area contributed by atoms with Crippen molar-refractivity contribution in [2.45, 2.75) is 58.1 Å². The summed E-state index contributed by atoms with van der Waals surface area (Å²) in [6.07, 6.45) is 0. The van der Waals surface area contributed by atoms with E-state index in [9.17, 15) is 13.2 Å². The molecule has 0 aliphatic carbocycles. The van der Waals surface area contributed by atoms with Gasteiger partial charge in [0.2, 0.25) is 10.0 Å². The quantitative estimate of drug-likeness (QED) is 0.428. The number of ether oxygens (including phenoxy) is 2. The molecule has 178 valence electrons. The molecule has 0 unspecified atom stereocenters. The second-order valence-corrected chi connectivity index (χ2v) is 11.3. The van der Waals surface area contributed by atoms with Crippen molar-refractivity contribution in [3.8, 4) is 17.6 Å². The van der Waals surface area contributed by atoms with Crippen LogP contribution in [0.4, 0.5) is 0 Å². The Hall–Kier alpha value is -2.53. The summed E-state index contributed by atoms with van der Waals surface area (Å²) in [5, 5.41) is 0.454. The molecule has 0 atom stereocenters. The fourth-order valence-electron chi connectivity index (χ4n) is 2.71. The van der Waals surface area contributed by atoms with E-state index in [1.54, 1.807) is 64.2 Å². The molecule has 0 saturated carbocycles. The minimum Gasteiger partial charge on any atom is -0.481 e. The van der Waals surface area contributed by atoms with Crippen LogP contribution < -0.4 is 4.74 Å². The van der Waals surface area contributed by atoms with Crippen LogP contribution in [0.1, 0.15) is 51.3 Å². The highest BCUT2D eigenvalue weighted by Crippen LogP contribution is 2.24. The normalized spacial score (nSPS) is 11.8. The van der Waals surface area contributed by atoms with Crippen molar-refractivity contribution in [2.24, 2.45) is 0 Å². The maximum Gasteiger partial charge on any atom is 0.344 e. The number of carbonyl (C=O) groups excluding carboxylic acids is 1. The number of halogens is 1. The van der Waals surface area contributed by atoms with E-state index in [1.807, 2.05) is 20.8 Å². The van der Waals surface area contributed by atoms with Gasteiger partial charge in [-0.1, -0.05) is 29.5 Å². The molecular weight excluding hydrogens is 462 g/mol. The van der Waals surface area contributed by atoms with E-state index in [1.165, 1.54) is 4.31 Å². The van der Waals surface area contributed by atoms with Crippen molar-refractivity contribution < 1.29 is 22.7 Å².